The maximum Gasteiger partial charge on any atom is 0.407 e. The van der Waals surface area contributed by atoms with E-state index in [-0.39, 0.29) is 5.92 Å². The van der Waals surface area contributed by atoms with Crippen LogP contribution in [0.3, 0.4) is 0 Å². The van der Waals surface area contributed by atoms with Crippen molar-refractivity contribution in [1.29, 1.82) is 0 Å². The molecule has 1 aliphatic carbocycles. The van der Waals surface area contributed by atoms with Gasteiger partial charge in [0.25, 0.3) is 0 Å². The summed E-state index contributed by atoms with van der Waals surface area (Å²) in [5.41, 5.74) is 4.87. The first-order chi connectivity index (χ1) is 13.8. The lowest BCUT2D eigenvalue weighted by Crippen LogP contribution is -2.27. The molecule has 0 spiro atoms. The minimum Gasteiger partial charge on any atom is -0.449 e. The third-order valence-electron chi connectivity index (χ3n) is 4.69. The zero-order valence-corrected chi connectivity index (χ0v) is 16.1. The van der Waals surface area contributed by atoms with Gasteiger partial charge in [-0.05, 0) is 28.7 Å². The summed E-state index contributed by atoms with van der Waals surface area (Å²) in [4.78, 5) is 12.0. The van der Waals surface area contributed by atoms with Crippen LogP contribution in [0.5, 0.6) is 0 Å². The lowest BCUT2D eigenvalue weighted by molar-refractivity contribution is 0.0573. The van der Waals surface area contributed by atoms with E-state index in [0.717, 1.165) is 6.42 Å². The lowest BCUT2D eigenvalue weighted by Gasteiger charge is -2.14. The van der Waals surface area contributed by atoms with Crippen LogP contribution in [0.1, 0.15) is 23.5 Å². The van der Waals surface area contributed by atoms with Crippen molar-refractivity contribution in [3.8, 4) is 11.1 Å². The van der Waals surface area contributed by atoms with E-state index in [4.69, 9.17) is 14.2 Å². The van der Waals surface area contributed by atoms with Crippen LogP contribution in [-0.4, -0.2) is 45.7 Å². The first kappa shape index (κ1) is 20.1. The van der Waals surface area contributed by atoms with E-state index in [1.54, 1.807) is 6.08 Å². The highest BCUT2D eigenvalue weighted by Crippen LogP contribution is 2.44. The average molecular weight is 381 g/mol. The van der Waals surface area contributed by atoms with Gasteiger partial charge in [0.1, 0.15) is 6.61 Å². The van der Waals surface area contributed by atoms with E-state index in [2.05, 4.69) is 36.2 Å². The SMILES string of the molecule is C=CCOCCOCCCNC(=O)OCC1c2ccccc2-c2ccccc21. The summed E-state index contributed by atoms with van der Waals surface area (Å²) in [6.07, 6.45) is 2.04. The molecule has 0 aromatic heterocycles. The number of hydrogen-bond acceptors (Lipinski definition) is 4. The Kier molecular flexibility index (Phi) is 7.64. The van der Waals surface area contributed by atoms with E-state index in [0.29, 0.717) is 39.6 Å². The standard InChI is InChI=1S/C23H27NO4/c1-2-13-26-15-16-27-14-7-12-24-23(25)28-17-22-20-10-5-3-8-18(20)19-9-4-6-11-21(19)22/h2-6,8-11,22H,1,7,12-17H2,(H,24,25). The Morgan fingerprint density at radius 2 is 1.61 bits per heavy atom. The lowest BCUT2D eigenvalue weighted by atomic mass is 9.98. The van der Waals surface area contributed by atoms with E-state index >= 15 is 0 Å². The van der Waals surface area contributed by atoms with Gasteiger partial charge in [-0.2, -0.15) is 0 Å². The number of fused-ring (bicyclic) bond motifs is 3. The average Bonchev–Trinajstić information content (AvgIpc) is 3.05. The Labute approximate surface area is 166 Å². The van der Waals surface area contributed by atoms with Crippen molar-refractivity contribution in [2.75, 3.05) is 39.6 Å². The maximum atomic E-state index is 12.0. The molecule has 0 aliphatic heterocycles. The molecular formula is C23H27NO4. The zero-order chi connectivity index (χ0) is 19.6. The van der Waals surface area contributed by atoms with E-state index in [1.165, 1.54) is 22.3 Å². The first-order valence-corrected chi connectivity index (χ1v) is 9.66. The molecule has 28 heavy (non-hydrogen) atoms. The Morgan fingerprint density at radius 1 is 0.964 bits per heavy atom. The fourth-order valence-corrected chi connectivity index (χ4v) is 3.40. The van der Waals surface area contributed by atoms with Crippen LogP contribution in [0.25, 0.3) is 11.1 Å². The third-order valence-corrected chi connectivity index (χ3v) is 4.69. The molecule has 5 heteroatoms. The van der Waals surface area contributed by atoms with Gasteiger partial charge >= 0.3 is 6.09 Å². The number of benzene rings is 2. The molecular weight excluding hydrogens is 354 g/mol. The van der Waals surface area contributed by atoms with Crippen molar-refractivity contribution in [3.05, 3.63) is 72.3 Å². The Balaban J connectivity index is 1.38. The number of nitrogens with one attached hydrogen (secondary N) is 1. The van der Waals surface area contributed by atoms with Gasteiger partial charge in [0.2, 0.25) is 0 Å². The predicted octanol–water partition coefficient (Wildman–Crippen LogP) is 4.13. The van der Waals surface area contributed by atoms with Crippen LogP contribution in [0, 0.1) is 0 Å². The van der Waals surface area contributed by atoms with Crippen molar-refractivity contribution in [2.45, 2.75) is 12.3 Å². The molecule has 148 valence electrons. The molecule has 3 rings (SSSR count). The molecule has 0 unspecified atom stereocenters. The van der Waals surface area contributed by atoms with Gasteiger partial charge in [-0.3, -0.25) is 0 Å². The van der Waals surface area contributed by atoms with Gasteiger partial charge in [-0.25, -0.2) is 4.79 Å². The van der Waals surface area contributed by atoms with Gasteiger partial charge in [-0.15, -0.1) is 6.58 Å². The normalized spacial score (nSPS) is 12.3. The molecule has 0 bridgehead atoms. The minimum atomic E-state index is -0.392. The Hall–Kier alpha value is -2.63. The van der Waals surface area contributed by atoms with Crippen molar-refractivity contribution in [2.24, 2.45) is 0 Å². The maximum absolute atomic E-state index is 12.0. The van der Waals surface area contributed by atoms with Gasteiger partial charge in [0, 0.05) is 19.1 Å². The first-order valence-electron chi connectivity index (χ1n) is 9.66. The molecule has 0 saturated carbocycles. The second-order valence-electron chi connectivity index (χ2n) is 6.58. The molecule has 2 aromatic rings. The quantitative estimate of drug-likeness (QED) is 0.470. The summed E-state index contributed by atoms with van der Waals surface area (Å²) in [6, 6.07) is 16.6. The summed E-state index contributed by atoms with van der Waals surface area (Å²) in [7, 11) is 0. The van der Waals surface area contributed by atoms with E-state index in [9.17, 15) is 4.79 Å². The third kappa shape index (κ3) is 5.21. The largest absolute Gasteiger partial charge is 0.449 e. The predicted molar refractivity (Wildman–Crippen MR) is 110 cm³/mol. The van der Waals surface area contributed by atoms with Crippen LogP contribution >= 0.6 is 0 Å². The molecule has 0 atom stereocenters. The number of rotatable bonds is 11. The number of ether oxygens (including phenoxy) is 3. The summed E-state index contributed by atoms with van der Waals surface area (Å²) >= 11 is 0. The molecule has 2 aromatic carbocycles. The smallest absolute Gasteiger partial charge is 0.407 e. The zero-order valence-electron chi connectivity index (χ0n) is 16.1. The van der Waals surface area contributed by atoms with Crippen molar-refractivity contribution in [3.63, 3.8) is 0 Å². The summed E-state index contributed by atoms with van der Waals surface area (Å²) < 4.78 is 16.1. The highest BCUT2D eigenvalue weighted by molar-refractivity contribution is 5.79. The van der Waals surface area contributed by atoms with E-state index in [1.807, 2.05) is 24.3 Å². The molecule has 0 radical (unpaired) electrons. The van der Waals surface area contributed by atoms with Crippen molar-refractivity contribution < 1.29 is 19.0 Å². The van der Waals surface area contributed by atoms with Crippen LogP contribution in [0.2, 0.25) is 0 Å². The number of hydrogen-bond donors (Lipinski definition) is 1. The number of carbonyl (C=O) groups is 1. The fraction of sp³-hybridized carbons (Fsp3) is 0.348. The number of alkyl carbamates (subject to hydrolysis) is 1. The van der Waals surface area contributed by atoms with Crippen molar-refractivity contribution >= 4 is 6.09 Å². The fourth-order valence-electron chi connectivity index (χ4n) is 3.40. The number of carbonyl (C=O) groups excluding carboxylic acids is 1. The molecule has 1 aliphatic rings. The molecule has 1 N–H and O–H groups in total. The highest BCUT2D eigenvalue weighted by atomic mass is 16.5. The van der Waals surface area contributed by atoms with Gasteiger partial charge < -0.3 is 19.5 Å². The second kappa shape index (κ2) is 10.6. The Morgan fingerprint density at radius 3 is 2.29 bits per heavy atom. The molecule has 1 amide bonds. The van der Waals surface area contributed by atoms with Crippen LogP contribution in [0.4, 0.5) is 4.79 Å². The monoisotopic (exact) mass is 381 g/mol. The van der Waals surface area contributed by atoms with Crippen molar-refractivity contribution in [1.82, 2.24) is 5.32 Å². The molecule has 0 heterocycles. The van der Waals surface area contributed by atoms with E-state index < -0.39 is 6.09 Å². The number of amides is 1. The summed E-state index contributed by atoms with van der Waals surface area (Å²) in [5.74, 6) is 0.0806. The highest BCUT2D eigenvalue weighted by Gasteiger charge is 2.28. The summed E-state index contributed by atoms with van der Waals surface area (Å²) in [6.45, 7) is 6.62. The topological polar surface area (TPSA) is 56.8 Å². The Bertz CT molecular complexity index is 744. The van der Waals surface area contributed by atoms with Gasteiger partial charge in [0.15, 0.2) is 0 Å². The minimum absolute atomic E-state index is 0.0806. The van der Waals surface area contributed by atoms with Crippen LogP contribution < -0.4 is 5.32 Å². The molecule has 5 nitrogen and oxygen atoms in total. The second-order valence-corrected chi connectivity index (χ2v) is 6.58. The van der Waals surface area contributed by atoms with Crippen LogP contribution in [-0.2, 0) is 14.2 Å². The molecule has 0 saturated heterocycles. The summed E-state index contributed by atoms with van der Waals surface area (Å²) in [5, 5.41) is 2.78. The van der Waals surface area contributed by atoms with Gasteiger partial charge in [-0.1, -0.05) is 54.6 Å². The van der Waals surface area contributed by atoms with Gasteiger partial charge in [0.05, 0.1) is 19.8 Å². The molecule has 0 fully saturated rings. The van der Waals surface area contributed by atoms with Crippen LogP contribution in [0.15, 0.2) is 61.2 Å².